The van der Waals surface area contributed by atoms with Gasteiger partial charge in [0.15, 0.2) is 0 Å². The second-order valence-corrected chi connectivity index (χ2v) is 2.84. The average molecular weight is 160 g/mol. The first kappa shape index (κ1) is 7.96. The first-order chi connectivity index (χ1) is 4.84. The van der Waals surface area contributed by atoms with Crippen LogP contribution >= 0.6 is 9.39 Å². The largest absolute Gasteiger partial charge is 0.355 e. The van der Waals surface area contributed by atoms with Gasteiger partial charge in [0.25, 0.3) is 0 Å². The van der Waals surface area contributed by atoms with E-state index in [0.717, 1.165) is 25.8 Å². The number of rotatable bonds is 1. The summed E-state index contributed by atoms with van der Waals surface area (Å²) >= 11 is 0. The van der Waals surface area contributed by atoms with Gasteiger partial charge in [0.05, 0.1) is 6.04 Å². The zero-order valence-electron chi connectivity index (χ0n) is 5.89. The minimum absolute atomic E-state index is 0.00694. The lowest BCUT2D eigenvalue weighted by atomic mass is 10.1. The Labute approximate surface area is 63.2 Å². The zero-order chi connectivity index (χ0) is 7.40. The Morgan fingerprint density at radius 1 is 1.60 bits per heavy atom. The lowest BCUT2D eigenvalue weighted by molar-refractivity contribution is -0.122. The van der Waals surface area contributed by atoms with Crippen molar-refractivity contribution in [1.82, 2.24) is 10.4 Å². The van der Waals surface area contributed by atoms with Crippen LogP contribution in [0.3, 0.4) is 0 Å². The maximum Gasteiger partial charge on any atom is 0.237 e. The third-order valence-electron chi connectivity index (χ3n) is 1.74. The van der Waals surface area contributed by atoms with Crippen molar-refractivity contribution in [3.8, 4) is 0 Å². The molecule has 10 heavy (non-hydrogen) atoms. The smallest absolute Gasteiger partial charge is 0.237 e. The fourth-order valence-electron chi connectivity index (χ4n) is 1.10. The van der Waals surface area contributed by atoms with Gasteiger partial charge in [0.1, 0.15) is 0 Å². The molecule has 1 fully saturated rings. The molecule has 0 spiro atoms. The van der Waals surface area contributed by atoms with E-state index in [9.17, 15) is 4.79 Å². The predicted octanol–water partition coefficient (Wildman–Crippen LogP) is 0.0348. The van der Waals surface area contributed by atoms with Crippen LogP contribution in [0.2, 0.25) is 0 Å². The fraction of sp³-hybridized carbons (Fsp3) is 0.833. The van der Waals surface area contributed by atoms with E-state index in [4.69, 9.17) is 0 Å². The third-order valence-corrected chi connectivity index (χ3v) is 2.14. The van der Waals surface area contributed by atoms with Gasteiger partial charge in [-0.2, -0.15) is 0 Å². The van der Waals surface area contributed by atoms with Crippen LogP contribution in [-0.2, 0) is 4.79 Å². The number of amides is 1. The molecule has 2 N–H and O–H groups in total. The predicted molar refractivity (Wildman–Crippen MR) is 43.5 cm³/mol. The van der Waals surface area contributed by atoms with Crippen molar-refractivity contribution >= 4 is 15.3 Å². The van der Waals surface area contributed by atoms with E-state index in [1.54, 1.807) is 0 Å². The number of carbonyl (C=O) groups is 1. The Bertz CT molecular complexity index is 129. The molecular formula is C6H13N2OP. The van der Waals surface area contributed by atoms with Crippen LogP contribution in [0.15, 0.2) is 0 Å². The average Bonchev–Trinajstić information content (AvgIpc) is 2.13. The summed E-state index contributed by atoms with van der Waals surface area (Å²) in [6.45, 7) is 0.835. The van der Waals surface area contributed by atoms with Crippen LogP contribution in [0.1, 0.15) is 19.3 Å². The van der Waals surface area contributed by atoms with Crippen LogP contribution in [0.4, 0.5) is 0 Å². The maximum absolute atomic E-state index is 11.1. The third kappa shape index (κ3) is 1.93. The molecule has 2 unspecified atom stereocenters. The van der Waals surface area contributed by atoms with Gasteiger partial charge in [-0.3, -0.25) is 9.88 Å². The van der Waals surface area contributed by atoms with Crippen LogP contribution in [-0.4, -0.2) is 18.5 Å². The first-order valence-corrected chi connectivity index (χ1v) is 4.16. The van der Waals surface area contributed by atoms with Crippen molar-refractivity contribution in [1.29, 1.82) is 0 Å². The molecule has 0 saturated carbocycles. The molecule has 1 aliphatic heterocycles. The number of nitrogens with one attached hydrogen (secondary N) is 2. The molecule has 1 saturated heterocycles. The van der Waals surface area contributed by atoms with Gasteiger partial charge in [0.2, 0.25) is 5.91 Å². The molecule has 1 rings (SSSR count). The van der Waals surface area contributed by atoms with E-state index in [2.05, 4.69) is 19.8 Å². The van der Waals surface area contributed by atoms with Crippen molar-refractivity contribution in [2.75, 3.05) is 6.54 Å². The normalized spacial score (nSPS) is 27.3. The summed E-state index contributed by atoms with van der Waals surface area (Å²) in [6, 6.07) is 0.00694. The van der Waals surface area contributed by atoms with E-state index in [1.165, 1.54) is 0 Å². The van der Waals surface area contributed by atoms with Gasteiger partial charge < -0.3 is 5.32 Å². The number of hydrogen-bond donors (Lipinski definition) is 2. The van der Waals surface area contributed by atoms with E-state index >= 15 is 0 Å². The molecule has 2 atom stereocenters. The summed E-state index contributed by atoms with van der Waals surface area (Å²) in [7, 11) is 2.38. The van der Waals surface area contributed by atoms with Gasteiger partial charge >= 0.3 is 0 Å². The molecule has 0 radical (unpaired) electrons. The highest BCUT2D eigenvalue weighted by molar-refractivity contribution is 7.13. The molecule has 1 heterocycles. The molecule has 3 nitrogen and oxygen atoms in total. The lowest BCUT2D eigenvalue weighted by Crippen LogP contribution is -2.38. The highest BCUT2D eigenvalue weighted by atomic mass is 31.0. The Morgan fingerprint density at radius 2 is 2.40 bits per heavy atom. The van der Waals surface area contributed by atoms with Gasteiger partial charge in [-0.1, -0.05) is 9.39 Å². The molecule has 4 heteroatoms. The second kappa shape index (κ2) is 3.89. The van der Waals surface area contributed by atoms with E-state index in [1.807, 2.05) is 0 Å². The monoisotopic (exact) mass is 160 g/mol. The molecule has 0 aromatic rings. The molecule has 0 aliphatic carbocycles. The zero-order valence-corrected chi connectivity index (χ0v) is 7.05. The Kier molecular flexibility index (Phi) is 3.10. The molecule has 0 bridgehead atoms. The van der Waals surface area contributed by atoms with Gasteiger partial charge in [0, 0.05) is 6.54 Å². The van der Waals surface area contributed by atoms with Gasteiger partial charge in [-0.05, 0) is 19.3 Å². The van der Waals surface area contributed by atoms with Crippen LogP contribution < -0.4 is 10.4 Å². The van der Waals surface area contributed by atoms with Crippen LogP contribution in [0, 0.1) is 0 Å². The van der Waals surface area contributed by atoms with Gasteiger partial charge in [-0.25, -0.2) is 0 Å². The topological polar surface area (TPSA) is 41.1 Å². The second-order valence-electron chi connectivity index (χ2n) is 2.51. The van der Waals surface area contributed by atoms with E-state index < -0.39 is 0 Å². The summed E-state index contributed by atoms with van der Waals surface area (Å²) in [4.78, 5) is 11.1. The standard InChI is InChI=1S/C6H13N2OP/c9-6-5(8-10)3-1-2-4-7-6/h5,8H,1-4,10H2,(H,7,9). The van der Waals surface area contributed by atoms with Crippen LogP contribution in [0.5, 0.6) is 0 Å². The minimum Gasteiger partial charge on any atom is -0.355 e. The van der Waals surface area contributed by atoms with Crippen molar-refractivity contribution in [3.63, 3.8) is 0 Å². The molecule has 0 aromatic carbocycles. The number of carbonyl (C=O) groups excluding carboxylic acids is 1. The summed E-state index contributed by atoms with van der Waals surface area (Å²) < 4.78 is 0. The quantitative estimate of drug-likeness (QED) is 0.531. The highest BCUT2D eigenvalue weighted by Gasteiger charge is 2.17. The Balaban J connectivity index is 2.43. The minimum atomic E-state index is 0.00694. The summed E-state index contributed by atoms with van der Waals surface area (Å²) in [6.07, 6.45) is 3.19. The van der Waals surface area contributed by atoms with E-state index in [-0.39, 0.29) is 11.9 Å². The SMILES string of the molecule is O=C1NCCCCC1NP. The molecule has 0 aromatic heterocycles. The molecule has 1 aliphatic rings. The van der Waals surface area contributed by atoms with Crippen molar-refractivity contribution < 1.29 is 4.79 Å². The van der Waals surface area contributed by atoms with Crippen molar-refractivity contribution in [3.05, 3.63) is 0 Å². The maximum atomic E-state index is 11.1. The molecule has 1 amide bonds. The van der Waals surface area contributed by atoms with Gasteiger partial charge in [-0.15, -0.1) is 0 Å². The molecule has 58 valence electrons. The summed E-state index contributed by atoms with van der Waals surface area (Å²) in [5.74, 6) is 0.132. The summed E-state index contributed by atoms with van der Waals surface area (Å²) in [5.41, 5.74) is 0. The Morgan fingerprint density at radius 3 is 3.10 bits per heavy atom. The van der Waals surface area contributed by atoms with Crippen LogP contribution in [0.25, 0.3) is 0 Å². The molecular weight excluding hydrogens is 147 g/mol. The Hall–Kier alpha value is -0.140. The lowest BCUT2D eigenvalue weighted by Gasteiger charge is -2.09. The first-order valence-electron chi connectivity index (χ1n) is 3.58. The number of hydrogen-bond acceptors (Lipinski definition) is 2. The fourth-order valence-corrected chi connectivity index (χ4v) is 1.42. The summed E-state index contributed by atoms with van der Waals surface area (Å²) in [5, 5.41) is 5.73. The van der Waals surface area contributed by atoms with Crippen molar-refractivity contribution in [2.24, 2.45) is 0 Å². The highest BCUT2D eigenvalue weighted by Crippen LogP contribution is 2.05. The van der Waals surface area contributed by atoms with Crippen molar-refractivity contribution in [2.45, 2.75) is 25.3 Å². The van der Waals surface area contributed by atoms with E-state index in [0.29, 0.717) is 0 Å².